The molecule has 0 aliphatic heterocycles. The average molecular weight is 362 g/mol. The molecule has 0 saturated heterocycles. The minimum absolute atomic E-state index is 0.0181. The van der Waals surface area contributed by atoms with Crippen molar-refractivity contribution in [2.75, 3.05) is 0 Å². The molecule has 0 fully saturated rings. The summed E-state index contributed by atoms with van der Waals surface area (Å²) < 4.78 is 40.0. The number of rotatable bonds is 4. The van der Waals surface area contributed by atoms with Gasteiger partial charge in [0.05, 0.1) is 12.0 Å². The maximum atomic E-state index is 12.7. The Morgan fingerprint density at radius 3 is 2.71 bits per heavy atom. The third-order valence-electron chi connectivity index (χ3n) is 2.91. The van der Waals surface area contributed by atoms with E-state index in [1.54, 1.807) is 0 Å². The molecule has 21 heavy (non-hydrogen) atoms. The number of carbonyl (C=O) groups is 1. The van der Waals surface area contributed by atoms with E-state index in [2.05, 4.69) is 26.0 Å². The molecule has 0 amide bonds. The Hall–Kier alpha value is -1.70. The highest BCUT2D eigenvalue weighted by Gasteiger charge is 2.31. The molecule has 0 bridgehead atoms. The number of benzene rings is 1. The van der Waals surface area contributed by atoms with E-state index in [1.807, 2.05) is 6.92 Å². The first kappa shape index (κ1) is 15.7. The second kappa shape index (κ2) is 5.97. The molecule has 0 aliphatic rings. The Morgan fingerprint density at radius 1 is 1.38 bits per heavy atom. The highest BCUT2D eigenvalue weighted by Crippen LogP contribution is 2.32. The summed E-state index contributed by atoms with van der Waals surface area (Å²) in [5.41, 5.74) is -0.874. The van der Waals surface area contributed by atoms with Gasteiger partial charge in [-0.05, 0) is 25.1 Å². The molecule has 0 radical (unpaired) electrons. The van der Waals surface area contributed by atoms with Crippen LogP contribution in [0.15, 0.2) is 29.0 Å². The quantitative estimate of drug-likeness (QED) is 0.783. The van der Waals surface area contributed by atoms with Gasteiger partial charge in [-0.25, -0.2) is 9.67 Å². The normalized spacial score (nSPS) is 11.7. The Bertz CT molecular complexity index is 667. The molecule has 0 aliphatic carbocycles. The van der Waals surface area contributed by atoms with Crippen LogP contribution in [0, 0.1) is 0 Å². The molecule has 2 aromatic rings. The highest BCUT2D eigenvalue weighted by molar-refractivity contribution is 9.10. The second-order valence-corrected chi connectivity index (χ2v) is 5.14. The molecular weight excluding hydrogens is 351 g/mol. The van der Waals surface area contributed by atoms with Gasteiger partial charge >= 0.3 is 6.18 Å². The number of hydrogen-bond acceptors (Lipinski definition) is 3. The van der Waals surface area contributed by atoms with Gasteiger partial charge in [0.15, 0.2) is 5.78 Å². The number of Topliss-reactive ketones (excluding diaryl/α,β-unsaturated/α-hetero) is 1. The van der Waals surface area contributed by atoms with Crippen LogP contribution in [-0.4, -0.2) is 20.5 Å². The number of hydrogen-bond donors (Lipinski definition) is 0. The van der Waals surface area contributed by atoms with Crippen molar-refractivity contribution in [2.24, 2.45) is 0 Å². The van der Waals surface area contributed by atoms with Crippen LogP contribution >= 0.6 is 15.9 Å². The molecule has 0 spiro atoms. The summed E-state index contributed by atoms with van der Waals surface area (Å²) in [4.78, 5) is 16.1. The fraction of sp³-hybridized carbons (Fsp3) is 0.308. The topological polar surface area (TPSA) is 47.8 Å². The van der Waals surface area contributed by atoms with Gasteiger partial charge in [0, 0.05) is 16.6 Å². The largest absolute Gasteiger partial charge is 0.416 e. The van der Waals surface area contributed by atoms with Gasteiger partial charge in [-0.1, -0.05) is 15.9 Å². The lowest BCUT2D eigenvalue weighted by Crippen LogP contribution is -2.13. The van der Waals surface area contributed by atoms with Gasteiger partial charge in [0.1, 0.15) is 12.2 Å². The molecule has 8 heteroatoms. The Morgan fingerprint density at radius 2 is 2.10 bits per heavy atom. The van der Waals surface area contributed by atoms with Crippen LogP contribution in [0.25, 0.3) is 0 Å². The number of aromatic nitrogens is 3. The zero-order valence-electron chi connectivity index (χ0n) is 11.0. The zero-order valence-corrected chi connectivity index (χ0v) is 12.6. The van der Waals surface area contributed by atoms with Crippen molar-refractivity contribution in [3.05, 3.63) is 46.0 Å². The maximum Gasteiger partial charge on any atom is 0.416 e. The summed E-state index contributed by atoms with van der Waals surface area (Å²) in [5.74, 6) is -0.0255. The minimum Gasteiger partial charge on any atom is -0.294 e. The Balaban J connectivity index is 2.31. The molecule has 0 saturated carbocycles. The third kappa shape index (κ3) is 3.49. The molecule has 0 unspecified atom stereocenters. The number of ketones is 1. The smallest absolute Gasteiger partial charge is 0.294 e. The number of halogens is 4. The Labute approximate surface area is 127 Å². The van der Waals surface area contributed by atoms with Gasteiger partial charge in [-0.3, -0.25) is 4.79 Å². The van der Waals surface area contributed by atoms with E-state index in [4.69, 9.17) is 0 Å². The molecule has 4 nitrogen and oxygen atoms in total. The molecule has 0 N–H and O–H groups in total. The highest BCUT2D eigenvalue weighted by atomic mass is 79.9. The van der Waals surface area contributed by atoms with Crippen molar-refractivity contribution in [3.63, 3.8) is 0 Å². The summed E-state index contributed by atoms with van der Waals surface area (Å²) in [7, 11) is 0. The van der Waals surface area contributed by atoms with Crippen LogP contribution in [-0.2, 0) is 19.1 Å². The van der Waals surface area contributed by atoms with E-state index >= 15 is 0 Å². The van der Waals surface area contributed by atoms with Gasteiger partial charge in [0.2, 0.25) is 0 Å². The second-order valence-electron chi connectivity index (χ2n) is 4.28. The van der Waals surface area contributed by atoms with Crippen LogP contribution in [0.3, 0.4) is 0 Å². The van der Waals surface area contributed by atoms with Crippen LogP contribution in [0.5, 0.6) is 0 Å². The maximum absolute atomic E-state index is 12.7. The fourth-order valence-corrected chi connectivity index (χ4v) is 2.31. The summed E-state index contributed by atoms with van der Waals surface area (Å²) in [5, 5.41) is 3.92. The first-order valence-corrected chi connectivity index (χ1v) is 6.89. The van der Waals surface area contributed by atoms with Crippen LogP contribution in [0.4, 0.5) is 13.2 Å². The minimum atomic E-state index is -4.49. The SMILES string of the molecule is CCn1ncnc1CC(=O)c1cc(C(F)(F)F)ccc1Br. The molecule has 112 valence electrons. The number of nitrogens with zero attached hydrogens (tertiary/aromatic N) is 3. The summed E-state index contributed by atoms with van der Waals surface area (Å²) in [6.07, 6.45) is -3.28. The van der Waals surface area contributed by atoms with Crippen molar-refractivity contribution >= 4 is 21.7 Å². The van der Waals surface area contributed by atoms with E-state index in [1.165, 1.54) is 17.1 Å². The van der Waals surface area contributed by atoms with Crippen molar-refractivity contribution < 1.29 is 18.0 Å². The third-order valence-corrected chi connectivity index (χ3v) is 3.60. The first-order chi connectivity index (χ1) is 9.82. The van der Waals surface area contributed by atoms with E-state index in [0.29, 0.717) is 16.8 Å². The van der Waals surface area contributed by atoms with Crippen LogP contribution < -0.4 is 0 Å². The molecule has 1 aromatic heterocycles. The number of aryl methyl sites for hydroxylation is 1. The number of carbonyl (C=O) groups excluding carboxylic acids is 1. The summed E-state index contributed by atoms with van der Waals surface area (Å²) in [6.45, 7) is 2.37. The lowest BCUT2D eigenvalue weighted by molar-refractivity contribution is -0.137. The predicted molar refractivity (Wildman–Crippen MR) is 72.9 cm³/mol. The van der Waals surface area contributed by atoms with Gasteiger partial charge in [-0.2, -0.15) is 18.3 Å². The van der Waals surface area contributed by atoms with Crippen molar-refractivity contribution in [2.45, 2.75) is 26.1 Å². The van der Waals surface area contributed by atoms with Crippen molar-refractivity contribution in [3.8, 4) is 0 Å². The van der Waals surface area contributed by atoms with Gasteiger partial charge in [-0.15, -0.1) is 0 Å². The summed E-state index contributed by atoms with van der Waals surface area (Å²) >= 11 is 3.11. The fourth-order valence-electron chi connectivity index (χ4n) is 1.84. The van der Waals surface area contributed by atoms with Crippen molar-refractivity contribution in [1.29, 1.82) is 0 Å². The predicted octanol–water partition coefficient (Wildman–Crippen LogP) is 3.50. The van der Waals surface area contributed by atoms with E-state index < -0.39 is 17.5 Å². The molecule has 2 rings (SSSR count). The summed E-state index contributed by atoms with van der Waals surface area (Å²) in [6, 6.07) is 3.00. The van der Waals surface area contributed by atoms with Gasteiger partial charge in [0.25, 0.3) is 0 Å². The first-order valence-electron chi connectivity index (χ1n) is 6.09. The molecule has 1 heterocycles. The average Bonchev–Trinajstić information content (AvgIpc) is 2.84. The molecule has 1 aromatic carbocycles. The molecule has 0 atom stereocenters. The Kier molecular flexibility index (Phi) is 4.46. The van der Waals surface area contributed by atoms with Crippen LogP contribution in [0.1, 0.15) is 28.7 Å². The number of alkyl halides is 3. The lowest BCUT2D eigenvalue weighted by atomic mass is 10.0. The van der Waals surface area contributed by atoms with Gasteiger partial charge < -0.3 is 0 Å². The van der Waals surface area contributed by atoms with E-state index in [0.717, 1.165) is 12.1 Å². The van der Waals surface area contributed by atoms with Crippen LogP contribution in [0.2, 0.25) is 0 Å². The van der Waals surface area contributed by atoms with E-state index in [9.17, 15) is 18.0 Å². The standard InChI is InChI=1S/C13H11BrF3N3O/c1-2-20-12(18-7-19-20)6-11(21)9-5-8(13(15,16)17)3-4-10(9)14/h3-5,7H,2,6H2,1H3. The zero-order chi connectivity index (χ0) is 15.6. The monoisotopic (exact) mass is 361 g/mol. The van der Waals surface area contributed by atoms with E-state index in [-0.39, 0.29) is 12.0 Å². The van der Waals surface area contributed by atoms with Crippen molar-refractivity contribution in [1.82, 2.24) is 14.8 Å². The lowest BCUT2D eigenvalue weighted by Gasteiger charge is -2.10. The molecular formula is C13H11BrF3N3O.